The van der Waals surface area contributed by atoms with Gasteiger partial charge in [-0.15, -0.1) is 0 Å². The first-order chi connectivity index (χ1) is 12.2. The molecule has 1 saturated heterocycles. The number of hydrogen-bond acceptors (Lipinski definition) is 4. The smallest absolute Gasteiger partial charge is 0.135 e. The van der Waals surface area contributed by atoms with Crippen molar-refractivity contribution in [3.05, 3.63) is 45.8 Å². The Balaban J connectivity index is 1.42. The van der Waals surface area contributed by atoms with E-state index in [1.165, 1.54) is 52.1 Å². The average molecular weight is 399 g/mol. The topological polar surface area (TPSA) is 41.1 Å². The highest BCUT2D eigenvalue weighted by Crippen LogP contribution is 2.46. The van der Waals surface area contributed by atoms with E-state index in [1.807, 2.05) is 0 Å². The average Bonchev–Trinajstić information content (AvgIpc) is 3.18. The summed E-state index contributed by atoms with van der Waals surface area (Å²) in [5, 5.41) is 3.63. The van der Waals surface area contributed by atoms with Crippen LogP contribution in [0.4, 0.5) is 11.5 Å². The highest BCUT2D eigenvalue weighted by atomic mass is 79.9. The SMILES string of the molecule is CC1CCc2ncnc(N3CCC4(CC3)CNc3ccc(Br)cc34)c21. The Morgan fingerprint density at radius 2 is 2.08 bits per heavy atom. The number of nitrogens with zero attached hydrogens (tertiary/aromatic N) is 3. The van der Waals surface area contributed by atoms with Crippen LogP contribution in [0.2, 0.25) is 0 Å². The summed E-state index contributed by atoms with van der Waals surface area (Å²) < 4.78 is 1.18. The van der Waals surface area contributed by atoms with Crippen LogP contribution in [-0.4, -0.2) is 29.6 Å². The zero-order valence-electron chi connectivity index (χ0n) is 14.6. The first kappa shape index (κ1) is 15.6. The molecule has 3 aliphatic rings. The van der Waals surface area contributed by atoms with Gasteiger partial charge >= 0.3 is 0 Å². The molecule has 1 unspecified atom stereocenters. The van der Waals surface area contributed by atoms with E-state index in [-0.39, 0.29) is 5.41 Å². The van der Waals surface area contributed by atoms with Gasteiger partial charge in [0.15, 0.2) is 0 Å². The van der Waals surface area contributed by atoms with Crippen molar-refractivity contribution in [2.24, 2.45) is 0 Å². The highest BCUT2D eigenvalue weighted by molar-refractivity contribution is 9.10. The summed E-state index contributed by atoms with van der Waals surface area (Å²) in [6, 6.07) is 6.65. The second kappa shape index (κ2) is 5.70. The molecule has 1 aliphatic carbocycles. The van der Waals surface area contributed by atoms with E-state index in [9.17, 15) is 0 Å². The number of rotatable bonds is 1. The zero-order chi connectivity index (χ0) is 17.0. The number of fused-ring (bicyclic) bond motifs is 3. The largest absolute Gasteiger partial charge is 0.384 e. The monoisotopic (exact) mass is 398 g/mol. The van der Waals surface area contributed by atoms with Crippen molar-refractivity contribution in [3.8, 4) is 0 Å². The van der Waals surface area contributed by atoms with Gasteiger partial charge in [0.2, 0.25) is 0 Å². The number of hydrogen-bond donors (Lipinski definition) is 1. The Kier molecular flexibility index (Phi) is 3.56. The molecular formula is C20H23BrN4. The molecule has 25 heavy (non-hydrogen) atoms. The number of halogens is 1. The number of aryl methyl sites for hydroxylation is 1. The van der Waals surface area contributed by atoms with Crippen LogP contribution >= 0.6 is 15.9 Å². The van der Waals surface area contributed by atoms with E-state index in [4.69, 9.17) is 0 Å². The second-order valence-electron chi connectivity index (χ2n) is 7.81. The van der Waals surface area contributed by atoms with Crippen LogP contribution < -0.4 is 10.2 Å². The fourth-order valence-electron chi connectivity index (χ4n) is 4.94. The van der Waals surface area contributed by atoms with Gasteiger partial charge in [0, 0.05) is 46.5 Å². The molecule has 3 heterocycles. The lowest BCUT2D eigenvalue weighted by Gasteiger charge is -2.40. The molecule has 0 radical (unpaired) electrons. The Morgan fingerprint density at radius 3 is 2.92 bits per heavy atom. The summed E-state index contributed by atoms with van der Waals surface area (Å²) in [5.41, 5.74) is 5.76. The number of benzene rings is 1. The van der Waals surface area contributed by atoms with Gasteiger partial charge in [-0.3, -0.25) is 0 Å². The van der Waals surface area contributed by atoms with Crippen LogP contribution in [0, 0.1) is 0 Å². The molecule has 1 aromatic carbocycles. The van der Waals surface area contributed by atoms with Crippen LogP contribution in [0.1, 0.15) is 48.9 Å². The molecule has 4 nitrogen and oxygen atoms in total. The second-order valence-corrected chi connectivity index (χ2v) is 8.72. The molecule has 2 aromatic rings. The van der Waals surface area contributed by atoms with Crippen molar-refractivity contribution in [2.75, 3.05) is 29.9 Å². The van der Waals surface area contributed by atoms with E-state index in [1.54, 1.807) is 6.33 Å². The van der Waals surface area contributed by atoms with Crippen molar-refractivity contribution in [2.45, 2.75) is 43.9 Å². The van der Waals surface area contributed by atoms with Crippen LogP contribution in [0.3, 0.4) is 0 Å². The van der Waals surface area contributed by atoms with Crippen molar-refractivity contribution >= 4 is 27.4 Å². The van der Waals surface area contributed by atoms with Crippen molar-refractivity contribution in [3.63, 3.8) is 0 Å². The summed E-state index contributed by atoms with van der Waals surface area (Å²) in [6.45, 7) is 5.53. The third-order valence-electron chi connectivity index (χ3n) is 6.44. The summed E-state index contributed by atoms with van der Waals surface area (Å²) in [5.74, 6) is 1.79. The van der Waals surface area contributed by atoms with E-state index in [0.29, 0.717) is 5.92 Å². The Labute approximate surface area is 157 Å². The fraction of sp³-hybridized carbons (Fsp3) is 0.500. The van der Waals surface area contributed by atoms with E-state index < -0.39 is 0 Å². The lowest BCUT2D eigenvalue weighted by molar-refractivity contribution is 0.360. The first-order valence-corrected chi connectivity index (χ1v) is 10.1. The van der Waals surface area contributed by atoms with Crippen LogP contribution in [0.5, 0.6) is 0 Å². The first-order valence-electron chi connectivity index (χ1n) is 9.29. The Hall–Kier alpha value is -1.62. The van der Waals surface area contributed by atoms with Gasteiger partial charge in [-0.05, 0) is 55.4 Å². The molecule has 1 fully saturated rings. The van der Waals surface area contributed by atoms with Gasteiger partial charge in [-0.2, -0.15) is 0 Å². The van der Waals surface area contributed by atoms with Crippen LogP contribution in [0.15, 0.2) is 29.0 Å². The van der Waals surface area contributed by atoms with E-state index in [2.05, 4.69) is 61.2 Å². The van der Waals surface area contributed by atoms with Crippen molar-refractivity contribution in [1.29, 1.82) is 0 Å². The lowest BCUT2D eigenvalue weighted by Crippen LogP contribution is -2.44. The van der Waals surface area contributed by atoms with Crippen molar-refractivity contribution in [1.82, 2.24) is 9.97 Å². The number of anilines is 2. The molecule has 130 valence electrons. The third-order valence-corrected chi connectivity index (χ3v) is 6.94. The standard InChI is InChI=1S/C20H23BrN4/c1-13-2-4-17-18(13)19(24-12-23-17)25-8-6-20(7-9-25)11-22-16-5-3-14(21)10-15(16)20/h3,5,10,12-13,22H,2,4,6-9,11H2,1H3. The molecular weight excluding hydrogens is 376 g/mol. The maximum Gasteiger partial charge on any atom is 0.135 e. The molecule has 0 amide bonds. The summed E-state index contributed by atoms with van der Waals surface area (Å²) >= 11 is 3.65. The van der Waals surface area contributed by atoms with Gasteiger partial charge in [-0.1, -0.05) is 22.9 Å². The van der Waals surface area contributed by atoms with Crippen LogP contribution in [0.25, 0.3) is 0 Å². The number of piperidine rings is 1. The molecule has 5 rings (SSSR count). The summed E-state index contributed by atoms with van der Waals surface area (Å²) in [7, 11) is 0. The quantitative estimate of drug-likeness (QED) is 0.779. The molecule has 1 atom stereocenters. The van der Waals surface area contributed by atoms with Gasteiger partial charge in [-0.25, -0.2) is 9.97 Å². The minimum absolute atomic E-state index is 0.275. The maximum absolute atomic E-state index is 4.69. The predicted octanol–water partition coefficient (Wildman–Crippen LogP) is 4.25. The van der Waals surface area contributed by atoms with Crippen LogP contribution in [-0.2, 0) is 11.8 Å². The third kappa shape index (κ3) is 2.39. The van der Waals surface area contributed by atoms with Gasteiger partial charge in [0.05, 0.1) is 0 Å². The van der Waals surface area contributed by atoms with E-state index >= 15 is 0 Å². The molecule has 5 heteroatoms. The molecule has 1 N–H and O–H groups in total. The molecule has 0 bridgehead atoms. The summed E-state index contributed by atoms with van der Waals surface area (Å²) in [4.78, 5) is 11.7. The van der Waals surface area contributed by atoms with Gasteiger partial charge in [0.1, 0.15) is 12.1 Å². The minimum atomic E-state index is 0.275. The maximum atomic E-state index is 4.69. The lowest BCUT2D eigenvalue weighted by atomic mass is 9.74. The Morgan fingerprint density at radius 1 is 1.24 bits per heavy atom. The van der Waals surface area contributed by atoms with Gasteiger partial charge < -0.3 is 10.2 Å². The van der Waals surface area contributed by atoms with Crippen molar-refractivity contribution < 1.29 is 0 Å². The Bertz CT molecular complexity index is 826. The molecule has 1 spiro atoms. The van der Waals surface area contributed by atoms with Gasteiger partial charge in [0.25, 0.3) is 0 Å². The fourth-order valence-corrected chi connectivity index (χ4v) is 5.30. The molecule has 1 aromatic heterocycles. The molecule has 2 aliphatic heterocycles. The number of nitrogens with one attached hydrogen (secondary N) is 1. The number of aromatic nitrogens is 2. The highest BCUT2D eigenvalue weighted by Gasteiger charge is 2.42. The normalized spacial score (nSPS) is 23.4. The molecule has 0 saturated carbocycles. The van der Waals surface area contributed by atoms with E-state index in [0.717, 1.165) is 26.1 Å². The minimum Gasteiger partial charge on any atom is -0.384 e. The summed E-state index contributed by atoms with van der Waals surface area (Å²) in [6.07, 6.45) is 6.44. The predicted molar refractivity (Wildman–Crippen MR) is 105 cm³/mol. The zero-order valence-corrected chi connectivity index (χ0v) is 16.1.